The van der Waals surface area contributed by atoms with Crippen LogP contribution in [0.25, 0.3) is 94.4 Å². The Morgan fingerprint density at radius 1 is 0.340 bits per heavy atom. The summed E-state index contributed by atoms with van der Waals surface area (Å²) in [6.07, 6.45) is 2.18. The van der Waals surface area contributed by atoms with E-state index in [0.29, 0.717) is 5.95 Å². The maximum absolute atomic E-state index is 5.44. The fourth-order valence-electron chi connectivity index (χ4n) is 8.16. The van der Waals surface area contributed by atoms with Crippen LogP contribution in [-0.4, -0.2) is 23.7 Å². The minimum absolute atomic E-state index is 0.627. The molecule has 7 aromatic carbocycles. The Labute approximate surface area is 305 Å². The summed E-state index contributed by atoms with van der Waals surface area (Å²) in [7, 11) is 0. The lowest BCUT2D eigenvalue weighted by molar-refractivity contribution is 0.997. The Balaban J connectivity index is 1.36. The van der Waals surface area contributed by atoms with E-state index in [2.05, 4.69) is 190 Å². The molecule has 0 aliphatic rings. The van der Waals surface area contributed by atoms with Gasteiger partial charge in [-0.25, -0.2) is 9.97 Å². The zero-order valence-corrected chi connectivity index (χ0v) is 28.6. The molecule has 0 aliphatic heterocycles. The van der Waals surface area contributed by atoms with Gasteiger partial charge >= 0.3 is 0 Å². The highest BCUT2D eigenvalue weighted by atomic mass is 15.2. The predicted molar refractivity (Wildman–Crippen MR) is 218 cm³/mol. The molecule has 53 heavy (non-hydrogen) atoms. The molecule has 11 aromatic rings. The molecule has 0 saturated heterocycles. The summed E-state index contributed by atoms with van der Waals surface area (Å²) in [6, 6.07) is 64.2. The number of rotatable bonds is 5. The summed E-state index contributed by atoms with van der Waals surface area (Å²) < 4.78 is 7.01. The SMILES string of the molecule is c1ccc(-c2cc(-c3ccccc3)nc(-n3c4c(ccc5c4ccn5-c4ccccc4)c4ccc5c6ccccc6n(-c6ccccc6)c5c43)n2)cc1. The highest BCUT2D eigenvalue weighted by molar-refractivity contribution is 6.26. The molecule has 4 heterocycles. The van der Waals surface area contributed by atoms with Gasteiger partial charge in [-0.05, 0) is 48.5 Å². The summed E-state index contributed by atoms with van der Waals surface area (Å²) >= 11 is 0. The van der Waals surface area contributed by atoms with Crippen LogP contribution in [-0.2, 0) is 0 Å². The second-order valence-electron chi connectivity index (χ2n) is 13.5. The lowest BCUT2D eigenvalue weighted by Crippen LogP contribution is -2.05. The Bertz CT molecular complexity index is 3080. The summed E-state index contributed by atoms with van der Waals surface area (Å²) in [5, 5.41) is 5.82. The monoisotopic (exact) mass is 677 g/mol. The third-order valence-electron chi connectivity index (χ3n) is 10.5. The number of hydrogen-bond acceptors (Lipinski definition) is 2. The van der Waals surface area contributed by atoms with E-state index in [4.69, 9.17) is 9.97 Å². The Hall–Kier alpha value is -7.24. The molecule has 0 aliphatic carbocycles. The second-order valence-corrected chi connectivity index (χ2v) is 13.5. The topological polar surface area (TPSA) is 40.6 Å². The van der Waals surface area contributed by atoms with Crippen molar-refractivity contribution >= 4 is 54.5 Å². The van der Waals surface area contributed by atoms with E-state index >= 15 is 0 Å². The molecular formula is C48H31N5. The van der Waals surface area contributed by atoms with E-state index in [1.807, 2.05) is 12.1 Å². The molecule has 0 atom stereocenters. The number of para-hydroxylation sites is 3. The molecule has 0 saturated carbocycles. The van der Waals surface area contributed by atoms with Crippen LogP contribution in [0.4, 0.5) is 0 Å². The fourth-order valence-corrected chi connectivity index (χ4v) is 8.16. The predicted octanol–water partition coefficient (Wildman–Crippen LogP) is 11.9. The fraction of sp³-hybridized carbons (Fsp3) is 0. The minimum Gasteiger partial charge on any atom is -0.316 e. The van der Waals surface area contributed by atoms with Gasteiger partial charge in [0.15, 0.2) is 0 Å². The average Bonchev–Trinajstić information content (AvgIpc) is 3.92. The van der Waals surface area contributed by atoms with Crippen LogP contribution < -0.4 is 0 Å². The van der Waals surface area contributed by atoms with Crippen molar-refractivity contribution in [3.05, 3.63) is 188 Å². The minimum atomic E-state index is 0.627. The molecule has 248 valence electrons. The second kappa shape index (κ2) is 11.7. The van der Waals surface area contributed by atoms with Crippen LogP contribution in [0.3, 0.4) is 0 Å². The molecule has 0 fully saturated rings. The third kappa shape index (κ3) is 4.51. The van der Waals surface area contributed by atoms with Gasteiger partial charge in [0.25, 0.3) is 0 Å². The summed E-state index contributed by atoms with van der Waals surface area (Å²) in [5.41, 5.74) is 11.6. The van der Waals surface area contributed by atoms with Crippen LogP contribution in [0, 0.1) is 0 Å². The third-order valence-corrected chi connectivity index (χ3v) is 10.5. The zero-order valence-electron chi connectivity index (χ0n) is 28.6. The maximum atomic E-state index is 5.44. The summed E-state index contributed by atoms with van der Waals surface area (Å²) in [5.74, 6) is 0.627. The van der Waals surface area contributed by atoms with E-state index in [0.717, 1.165) is 77.6 Å². The van der Waals surface area contributed by atoms with E-state index < -0.39 is 0 Å². The van der Waals surface area contributed by atoms with Crippen LogP contribution in [0.15, 0.2) is 188 Å². The molecule has 0 N–H and O–H groups in total. The highest BCUT2D eigenvalue weighted by Crippen LogP contribution is 2.44. The lowest BCUT2D eigenvalue weighted by Gasteiger charge is -2.14. The van der Waals surface area contributed by atoms with Crippen molar-refractivity contribution in [2.24, 2.45) is 0 Å². The maximum Gasteiger partial charge on any atom is 0.235 e. The van der Waals surface area contributed by atoms with Gasteiger partial charge in [0.05, 0.1) is 39.0 Å². The molecular weight excluding hydrogens is 647 g/mol. The van der Waals surface area contributed by atoms with Gasteiger partial charge in [-0.3, -0.25) is 4.57 Å². The first-order valence-corrected chi connectivity index (χ1v) is 17.9. The van der Waals surface area contributed by atoms with E-state index in [1.165, 1.54) is 10.8 Å². The van der Waals surface area contributed by atoms with Gasteiger partial charge in [0, 0.05) is 55.6 Å². The number of benzene rings is 7. The van der Waals surface area contributed by atoms with Gasteiger partial charge in [0.1, 0.15) is 0 Å². The molecule has 11 rings (SSSR count). The van der Waals surface area contributed by atoms with Crippen molar-refractivity contribution in [1.29, 1.82) is 0 Å². The first-order chi connectivity index (χ1) is 26.3. The number of hydrogen-bond donors (Lipinski definition) is 0. The van der Waals surface area contributed by atoms with Gasteiger partial charge < -0.3 is 9.13 Å². The van der Waals surface area contributed by atoms with E-state index in [-0.39, 0.29) is 0 Å². The van der Waals surface area contributed by atoms with Crippen molar-refractivity contribution in [2.75, 3.05) is 0 Å². The first kappa shape index (κ1) is 29.5. The zero-order chi connectivity index (χ0) is 34.9. The van der Waals surface area contributed by atoms with Gasteiger partial charge in [-0.2, -0.15) is 0 Å². The quantitative estimate of drug-likeness (QED) is 0.182. The van der Waals surface area contributed by atoms with Gasteiger partial charge in [-0.15, -0.1) is 0 Å². The van der Waals surface area contributed by atoms with E-state index in [9.17, 15) is 0 Å². The smallest absolute Gasteiger partial charge is 0.235 e. The normalized spacial score (nSPS) is 11.8. The lowest BCUT2D eigenvalue weighted by atomic mass is 10.1. The summed E-state index contributed by atoms with van der Waals surface area (Å²) in [6.45, 7) is 0. The Morgan fingerprint density at radius 3 is 1.51 bits per heavy atom. The summed E-state index contributed by atoms with van der Waals surface area (Å²) in [4.78, 5) is 10.9. The molecule has 0 spiro atoms. The highest BCUT2D eigenvalue weighted by Gasteiger charge is 2.25. The molecule has 0 bridgehead atoms. The van der Waals surface area contributed by atoms with Crippen LogP contribution in [0.1, 0.15) is 0 Å². The first-order valence-electron chi connectivity index (χ1n) is 17.9. The van der Waals surface area contributed by atoms with Crippen molar-refractivity contribution in [2.45, 2.75) is 0 Å². The Morgan fingerprint density at radius 2 is 0.849 bits per heavy atom. The van der Waals surface area contributed by atoms with Gasteiger partial charge in [-0.1, -0.05) is 133 Å². The van der Waals surface area contributed by atoms with Crippen molar-refractivity contribution in [3.8, 4) is 39.8 Å². The van der Waals surface area contributed by atoms with Gasteiger partial charge in [0.2, 0.25) is 5.95 Å². The van der Waals surface area contributed by atoms with Crippen molar-refractivity contribution in [3.63, 3.8) is 0 Å². The molecule has 5 nitrogen and oxygen atoms in total. The number of aromatic nitrogens is 5. The molecule has 0 radical (unpaired) electrons. The largest absolute Gasteiger partial charge is 0.316 e. The average molecular weight is 678 g/mol. The molecule has 0 amide bonds. The number of fused-ring (bicyclic) bond motifs is 9. The Kier molecular flexibility index (Phi) is 6.48. The standard InChI is InChI=1S/C48H31N5/c1-5-15-32(16-6-1)41-31-42(33-17-7-2-8-18-33)50-48(49-41)53-45-38(27-28-43-40(45)29-30-51(43)34-19-9-3-10-20-34)39-26-25-37-36-23-13-14-24-44(36)52(46(37)47(39)53)35-21-11-4-12-22-35/h1-31H. The van der Waals surface area contributed by atoms with Crippen molar-refractivity contribution in [1.82, 2.24) is 23.7 Å². The van der Waals surface area contributed by atoms with Crippen molar-refractivity contribution < 1.29 is 0 Å². The van der Waals surface area contributed by atoms with Crippen LogP contribution >= 0.6 is 0 Å². The molecule has 4 aromatic heterocycles. The molecule has 0 unspecified atom stereocenters. The van der Waals surface area contributed by atoms with Crippen LogP contribution in [0.5, 0.6) is 0 Å². The molecule has 5 heteroatoms. The number of nitrogens with zero attached hydrogens (tertiary/aromatic N) is 5. The van der Waals surface area contributed by atoms with Crippen LogP contribution in [0.2, 0.25) is 0 Å². The van der Waals surface area contributed by atoms with E-state index in [1.54, 1.807) is 0 Å².